The van der Waals surface area contributed by atoms with Crippen LogP contribution in [0.3, 0.4) is 0 Å². The monoisotopic (exact) mass is 340 g/mol. The molecule has 2 aliphatic rings. The topological polar surface area (TPSA) is 58.7 Å². The molecule has 0 aliphatic carbocycles. The highest BCUT2D eigenvalue weighted by atomic mass is 16.7. The molecule has 6 heteroatoms. The quantitative estimate of drug-likeness (QED) is 0.788. The van der Waals surface area contributed by atoms with Crippen LogP contribution in [0.1, 0.15) is 12.8 Å². The molecule has 3 heterocycles. The number of pyridine rings is 1. The van der Waals surface area contributed by atoms with Crippen molar-refractivity contribution in [2.75, 3.05) is 43.2 Å². The average Bonchev–Trinajstić information content (AvgIpc) is 3.14. The van der Waals surface area contributed by atoms with Gasteiger partial charge in [-0.05, 0) is 37.1 Å². The maximum Gasteiger partial charge on any atom is 0.231 e. The first-order valence-electron chi connectivity index (χ1n) is 8.90. The van der Waals surface area contributed by atoms with Crippen molar-refractivity contribution in [2.24, 2.45) is 0 Å². The van der Waals surface area contributed by atoms with Gasteiger partial charge in [0.05, 0.1) is 5.69 Å². The molecule has 0 atom stereocenters. The first-order chi connectivity index (χ1) is 12.4. The summed E-state index contributed by atoms with van der Waals surface area (Å²) < 4.78 is 10.9. The summed E-state index contributed by atoms with van der Waals surface area (Å²) in [5, 5.41) is 7.03. The molecule has 132 valence electrons. The van der Waals surface area contributed by atoms with Crippen molar-refractivity contribution in [3.63, 3.8) is 0 Å². The predicted molar refractivity (Wildman–Crippen MR) is 98.5 cm³/mol. The molecule has 2 aliphatic heterocycles. The number of benzene rings is 1. The number of anilines is 2. The lowest BCUT2D eigenvalue weighted by molar-refractivity contribution is 0.174. The van der Waals surface area contributed by atoms with Crippen LogP contribution in [0.15, 0.2) is 42.7 Å². The van der Waals surface area contributed by atoms with E-state index in [-0.39, 0.29) is 0 Å². The highest BCUT2D eigenvalue weighted by molar-refractivity contribution is 5.57. The third kappa shape index (κ3) is 3.96. The second kappa shape index (κ2) is 7.61. The van der Waals surface area contributed by atoms with Gasteiger partial charge in [-0.1, -0.05) is 0 Å². The maximum absolute atomic E-state index is 5.48. The zero-order valence-corrected chi connectivity index (χ0v) is 14.3. The lowest BCUT2D eigenvalue weighted by atomic mass is 10.0. The number of aromatic nitrogens is 1. The Morgan fingerprint density at radius 2 is 1.96 bits per heavy atom. The lowest BCUT2D eigenvalue weighted by Gasteiger charge is -2.34. The number of hydrogen-bond acceptors (Lipinski definition) is 6. The minimum atomic E-state index is 0.331. The molecule has 0 amide bonds. The normalized spacial score (nSPS) is 16.9. The molecule has 0 radical (unpaired) electrons. The zero-order valence-electron chi connectivity index (χ0n) is 14.3. The van der Waals surface area contributed by atoms with Gasteiger partial charge in [0.2, 0.25) is 6.79 Å². The van der Waals surface area contributed by atoms with Gasteiger partial charge in [-0.15, -0.1) is 0 Å². The number of nitrogens with zero attached hydrogens (tertiary/aromatic N) is 2. The van der Waals surface area contributed by atoms with Crippen LogP contribution in [0, 0.1) is 0 Å². The summed E-state index contributed by atoms with van der Waals surface area (Å²) in [7, 11) is 0. The summed E-state index contributed by atoms with van der Waals surface area (Å²) in [5.74, 6) is 1.71. The summed E-state index contributed by atoms with van der Waals surface area (Å²) >= 11 is 0. The first-order valence-corrected chi connectivity index (χ1v) is 8.90. The molecule has 1 aromatic heterocycles. The van der Waals surface area contributed by atoms with E-state index in [2.05, 4.69) is 32.7 Å². The van der Waals surface area contributed by atoms with Crippen LogP contribution in [0.2, 0.25) is 0 Å². The van der Waals surface area contributed by atoms with E-state index < -0.39 is 0 Å². The standard InChI is InChI=1S/C19H24N4O2/c1-2-16(13-20-7-1)22-9-8-21-15-5-10-23(11-6-15)17-3-4-18-19(12-17)25-14-24-18/h1-4,7,12-13,15,21-22H,5-6,8-11,14H2. The number of piperidine rings is 1. The molecule has 0 unspecified atom stereocenters. The Hall–Kier alpha value is -2.47. The van der Waals surface area contributed by atoms with Gasteiger partial charge in [0, 0.05) is 56.4 Å². The summed E-state index contributed by atoms with van der Waals surface area (Å²) in [5.41, 5.74) is 2.29. The Labute approximate surface area is 148 Å². The van der Waals surface area contributed by atoms with Crippen LogP contribution in [-0.2, 0) is 0 Å². The Bertz CT molecular complexity index is 687. The summed E-state index contributed by atoms with van der Waals surface area (Å²) in [6.45, 7) is 4.33. The average molecular weight is 340 g/mol. The Morgan fingerprint density at radius 3 is 2.80 bits per heavy atom. The van der Waals surface area contributed by atoms with Gasteiger partial charge in [0.25, 0.3) is 0 Å². The molecule has 0 bridgehead atoms. The van der Waals surface area contributed by atoms with E-state index >= 15 is 0 Å². The van der Waals surface area contributed by atoms with E-state index in [1.807, 2.05) is 24.4 Å². The number of fused-ring (bicyclic) bond motifs is 1. The van der Waals surface area contributed by atoms with E-state index in [0.29, 0.717) is 12.8 Å². The van der Waals surface area contributed by atoms with Crippen LogP contribution in [0.4, 0.5) is 11.4 Å². The van der Waals surface area contributed by atoms with Crippen molar-refractivity contribution in [2.45, 2.75) is 18.9 Å². The van der Waals surface area contributed by atoms with Crippen molar-refractivity contribution in [1.82, 2.24) is 10.3 Å². The minimum absolute atomic E-state index is 0.331. The fourth-order valence-corrected chi connectivity index (χ4v) is 3.37. The predicted octanol–water partition coefficient (Wildman–Crippen LogP) is 2.48. The van der Waals surface area contributed by atoms with Gasteiger partial charge >= 0.3 is 0 Å². The van der Waals surface area contributed by atoms with Gasteiger partial charge < -0.3 is 25.0 Å². The fourth-order valence-electron chi connectivity index (χ4n) is 3.37. The van der Waals surface area contributed by atoms with Crippen molar-refractivity contribution in [3.8, 4) is 11.5 Å². The van der Waals surface area contributed by atoms with Crippen molar-refractivity contribution in [3.05, 3.63) is 42.7 Å². The van der Waals surface area contributed by atoms with Crippen molar-refractivity contribution < 1.29 is 9.47 Å². The molecule has 25 heavy (non-hydrogen) atoms. The highest BCUT2D eigenvalue weighted by Crippen LogP contribution is 2.36. The molecular weight excluding hydrogens is 316 g/mol. The van der Waals surface area contributed by atoms with Crippen LogP contribution in [0.5, 0.6) is 11.5 Å². The number of rotatable bonds is 6. The van der Waals surface area contributed by atoms with E-state index in [1.165, 1.54) is 5.69 Å². The van der Waals surface area contributed by atoms with Gasteiger partial charge in [-0.3, -0.25) is 4.98 Å². The first kappa shape index (κ1) is 16.0. The molecule has 6 nitrogen and oxygen atoms in total. The van der Waals surface area contributed by atoms with Gasteiger partial charge in [-0.25, -0.2) is 0 Å². The SMILES string of the molecule is c1cncc(NCCNC2CCN(c3ccc4c(c3)OCO4)CC2)c1. The fraction of sp³-hybridized carbons (Fsp3) is 0.421. The highest BCUT2D eigenvalue weighted by Gasteiger charge is 2.21. The van der Waals surface area contributed by atoms with Crippen LogP contribution < -0.4 is 25.0 Å². The maximum atomic E-state index is 5.48. The molecule has 1 saturated heterocycles. The van der Waals surface area contributed by atoms with Gasteiger partial charge in [-0.2, -0.15) is 0 Å². The molecule has 4 rings (SSSR count). The minimum Gasteiger partial charge on any atom is -0.454 e. The van der Waals surface area contributed by atoms with Gasteiger partial charge in [0.1, 0.15) is 0 Å². The van der Waals surface area contributed by atoms with Gasteiger partial charge in [0.15, 0.2) is 11.5 Å². The number of nitrogens with one attached hydrogen (secondary N) is 2. The second-order valence-corrected chi connectivity index (χ2v) is 6.42. The third-order valence-electron chi connectivity index (χ3n) is 4.76. The molecule has 1 aromatic carbocycles. The van der Waals surface area contributed by atoms with E-state index in [9.17, 15) is 0 Å². The molecule has 0 spiro atoms. The largest absolute Gasteiger partial charge is 0.454 e. The van der Waals surface area contributed by atoms with E-state index in [0.717, 1.165) is 56.2 Å². The molecular formula is C19H24N4O2. The molecule has 0 saturated carbocycles. The lowest BCUT2D eigenvalue weighted by Crippen LogP contribution is -2.43. The Kier molecular flexibility index (Phi) is 4.88. The Morgan fingerprint density at radius 1 is 1.08 bits per heavy atom. The Balaban J connectivity index is 1.19. The number of ether oxygens (including phenoxy) is 2. The smallest absolute Gasteiger partial charge is 0.231 e. The summed E-state index contributed by atoms with van der Waals surface area (Å²) in [6, 6.07) is 10.8. The molecule has 2 aromatic rings. The van der Waals surface area contributed by atoms with E-state index in [1.54, 1.807) is 6.20 Å². The summed E-state index contributed by atoms with van der Waals surface area (Å²) in [4.78, 5) is 6.53. The zero-order chi connectivity index (χ0) is 16.9. The second-order valence-electron chi connectivity index (χ2n) is 6.42. The summed E-state index contributed by atoms with van der Waals surface area (Å²) in [6.07, 6.45) is 5.95. The van der Waals surface area contributed by atoms with Crippen LogP contribution >= 0.6 is 0 Å². The van der Waals surface area contributed by atoms with Crippen molar-refractivity contribution in [1.29, 1.82) is 0 Å². The van der Waals surface area contributed by atoms with Crippen LogP contribution in [-0.4, -0.2) is 44.0 Å². The van der Waals surface area contributed by atoms with Crippen molar-refractivity contribution >= 4 is 11.4 Å². The van der Waals surface area contributed by atoms with Crippen LogP contribution in [0.25, 0.3) is 0 Å². The number of hydrogen-bond donors (Lipinski definition) is 2. The molecule has 1 fully saturated rings. The van der Waals surface area contributed by atoms with E-state index in [4.69, 9.17) is 9.47 Å². The third-order valence-corrected chi connectivity index (χ3v) is 4.76. The molecule has 2 N–H and O–H groups in total.